The zero-order valence-electron chi connectivity index (χ0n) is 10.8. The lowest BCUT2D eigenvalue weighted by molar-refractivity contribution is -0.137. The van der Waals surface area contributed by atoms with Gasteiger partial charge < -0.3 is 4.74 Å². The Morgan fingerprint density at radius 1 is 1.30 bits per heavy atom. The molecule has 1 aromatic carbocycles. The Balaban J connectivity index is 1.70. The van der Waals surface area contributed by atoms with Gasteiger partial charge in [0.1, 0.15) is 5.78 Å². The molecule has 2 heterocycles. The monoisotopic (exact) mass is 284 g/mol. The molecule has 2 nitrogen and oxygen atoms in total. The van der Waals surface area contributed by atoms with Gasteiger partial charge in [0, 0.05) is 12.3 Å². The van der Waals surface area contributed by atoms with Crippen molar-refractivity contribution in [3.8, 4) is 0 Å². The van der Waals surface area contributed by atoms with E-state index in [0.717, 1.165) is 31.4 Å². The van der Waals surface area contributed by atoms with Crippen molar-refractivity contribution < 1.29 is 22.7 Å². The Morgan fingerprint density at radius 3 is 2.70 bits per heavy atom. The van der Waals surface area contributed by atoms with Crippen LogP contribution in [-0.4, -0.2) is 18.0 Å². The number of Topliss-reactive ketones (excluding diaryl/α,β-unsaturated/α-hetero) is 1. The summed E-state index contributed by atoms with van der Waals surface area (Å²) in [6.45, 7) is 0. The molecule has 0 saturated carbocycles. The summed E-state index contributed by atoms with van der Waals surface area (Å²) in [5.74, 6) is -0.139. The molecule has 3 rings (SSSR count). The first kappa shape index (κ1) is 13.6. The van der Waals surface area contributed by atoms with E-state index >= 15 is 0 Å². The number of rotatable bonds is 3. The molecular weight excluding hydrogens is 269 g/mol. The summed E-state index contributed by atoms with van der Waals surface area (Å²) in [6.07, 6.45) is -1.53. The summed E-state index contributed by atoms with van der Waals surface area (Å²) < 4.78 is 43.5. The van der Waals surface area contributed by atoms with E-state index < -0.39 is 11.7 Å². The molecule has 1 aromatic rings. The molecule has 2 saturated heterocycles. The Bertz CT molecular complexity index is 524. The largest absolute Gasteiger partial charge is 0.416 e. The second-order valence-corrected chi connectivity index (χ2v) is 5.56. The number of ether oxygens (including phenoxy) is 1. The van der Waals surface area contributed by atoms with Crippen LogP contribution in [0.15, 0.2) is 24.3 Å². The molecule has 2 aliphatic rings. The molecule has 0 spiro atoms. The van der Waals surface area contributed by atoms with Gasteiger partial charge in [0.25, 0.3) is 0 Å². The number of halogens is 3. The number of benzene rings is 1. The van der Waals surface area contributed by atoms with Crippen LogP contribution in [0.2, 0.25) is 0 Å². The van der Waals surface area contributed by atoms with Gasteiger partial charge in [-0.15, -0.1) is 0 Å². The molecule has 0 aromatic heterocycles. The summed E-state index contributed by atoms with van der Waals surface area (Å²) in [7, 11) is 0. The second kappa shape index (κ2) is 4.88. The number of fused-ring (bicyclic) bond motifs is 2. The molecule has 3 unspecified atom stereocenters. The molecule has 2 aliphatic heterocycles. The zero-order valence-corrected chi connectivity index (χ0v) is 10.8. The number of ketones is 1. The normalized spacial score (nSPS) is 28.9. The third-order valence-electron chi connectivity index (χ3n) is 4.15. The molecule has 0 aliphatic carbocycles. The predicted octanol–water partition coefficient (Wildman–Crippen LogP) is 3.38. The van der Waals surface area contributed by atoms with Gasteiger partial charge in [0.05, 0.1) is 17.8 Å². The van der Waals surface area contributed by atoms with Crippen molar-refractivity contribution in [2.75, 3.05) is 0 Å². The molecule has 2 fully saturated rings. The number of hydrogen-bond donors (Lipinski definition) is 0. The van der Waals surface area contributed by atoms with E-state index in [1.165, 1.54) is 6.07 Å². The van der Waals surface area contributed by atoms with Crippen LogP contribution in [0.25, 0.3) is 0 Å². The standard InChI is InChI=1S/C15H15F3O2/c16-15(17,18)10-3-1-2-9(6-10)7-13(19)12-8-11-4-5-14(12)20-11/h1-3,6,11-12,14H,4-5,7-8H2. The number of hydrogen-bond acceptors (Lipinski definition) is 2. The minimum Gasteiger partial charge on any atom is -0.374 e. The average Bonchev–Trinajstić information content (AvgIpc) is 3.00. The summed E-state index contributed by atoms with van der Waals surface area (Å²) in [5.41, 5.74) is -0.278. The van der Waals surface area contributed by atoms with Crippen LogP contribution in [0.4, 0.5) is 13.2 Å². The lowest BCUT2D eigenvalue weighted by Crippen LogP contribution is -2.26. The smallest absolute Gasteiger partial charge is 0.374 e. The van der Waals surface area contributed by atoms with E-state index in [9.17, 15) is 18.0 Å². The van der Waals surface area contributed by atoms with Gasteiger partial charge >= 0.3 is 6.18 Å². The first-order valence-electron chi connectivity index (χ1n) is 6.78. The summed E-state index contributed by atoms with van der Waals surface area (Å²) >= 11 is 0. The third kappa shape index (κ3) is 2.59. The van der Waals surface area contributed by atoms with Crippen LogP contribution in [-0.2, 0) is 22.1 Å². The van der Waals surface area contributed by atoms with Crippen molar-refractivity contribution in [2.24, 2.45) is 5.92 Å². The summed E-state index contributed by atoms with van der Waals surface area (Å²) in [5, 5.41) is 0. The van der Waals surface area contributed by atoms with Crippen molar-refractivity contribution in [1.29, 1.82) is 0 Å². The quantitative estimate of drug-likeness (QED) is 0.850. The van der Waals surface area contributed by atoms with E-state index in [-0.39, 0.29) is 30.3 Å². The van der Waals surface area contributed by atoms with Gasteiger partial charge in [-0.05, 0) is 30.9 Å². The molecule has 5 heteroatoms. The lowest BCUT2D eigenvalue weighted by atomic mass is 9.84. The molecule has 0 amide bonds. The fraction of sp³-hybridized carbons (Fsp3) is 0.533. The Kier molecular flexibility index (Phi) is 3.32. The SMILES string of the molecule is O=C(Cc1cccc(C(F)(F)F)c1)C1CC2CCC1O2. The van der Waals surface area contributed by atoms with Crippen molar-refractivity contribution in [1.82, 2.24) is 0 Å². The maximum Gasteiger partial charge on any atom is 0.416 e. The third-order valence-corrected chi connectivity index (χ3v) is 4.15. The Labute approximate surface area is 114 Å². The van der Waals surface area contributed by atoms with Crippen LogP contribution < -0.4 is 0 Å². The molecule has 2 bridgehead atoms. The molecule has 0 radical (unpaired) electrons. The first-order chi connectivity index (χ1) is 9.43. The van der Waals surface area contributed by atoms with Crippen molar-refractivity contribution in [2.45, 2.75) is 44.1 Å². The van der Waals surface area contributed by atoms with Gasteiger partial charge in [-0.25, -0.2) is 0 Å². The lowest BCUT2D eigenvalue weighted by Gasteiger charge is -2.17. The van der Waals surface area contributed by atoms with Crippen molar-refractivity contribution in [3.05, 3.63) is 35.4 Å². The van der Waals surface area contributed by atoms with Gasteiger partial charge in [-0.1, -0.05) is 18.2 Å². The molecule has 0 N–H and O–H groups in total. The topological polar surface area (TPSA) is 26.3 Å². The molecule has 20 heavy (non-hydrogen) atoms. The molecule has 3 atom stereocenters. The van der Waals surface area contributed by atoms with E-state index in [1.54, 1.807) is 6.07 Å². The van der Waals surface area contributed by atoms with Crippen molar-refractivity contribution in [3.63, 3.8) is 0 Å². The zero-order chi connectivity index (χ0) is 14.3. The van der Waals surface area contributed by atoms with Crippen LogP contribution in [0.1, 0.15) is 30.4 Å². The highest BCUT2D eigenvalue weighted by molar-refractivity contribution is 5.84. The predicted molar refractivity (Wildman–Crippen MR) is 66.2 cm³/mol. The highest BCUT2D eigenvalue weighted by Crippen LogP contribution is 2.39. The maximum absolute atomic E-state index is 12.6. The summed E-state index contributed by atoms with van der Waals surface area (Å²) in [6, 6.07) is 5.00. The first-order valence-corrected chi connectivity index (χ1v) is 6.78. The highest BCUT2D eigenvalue weighted by atomic mass is 19.4. The Morgan fingerprint density at radius 2 is 2.10 bits per heavy atom. The fourth-order valence-electron chi connectivity index (χ4n) is 3.17. The van der Waals surface area contributed by atoms with Crippen LogP contribution in [0.3, 0.4) is 0 Å². The second-order valence-electron chi connectivity index (χ2n) is 5.56. The maximum atomic E-state index is 12.6. The molecule has 108 valence electrons. The highest BCUT2D eigenvalue weighted by Gasteiger charge is 2.44. The van der Waals surface area contributed by atoms with E-state index in [1.807, 2.05) is 0 Å². The molecular formula is C15H15F3O2. The van der Waals surface area contributed by atoms with Crippen LogP contribution in [0.5, 0.6) is 0 Å². The van der Waals surface area contributed by atoms with Crippen molar-refractivity contribution >= 4 is 5.78 Å². The minimum absolute atomic E-state index is 0.00322. The van der Waals surface area contributed by atoms with E-state index in [2.05, 4.69) is 0 Å². The van der Waals surface area contributed by atoms with Crippen LogP contribution in [0, 0.1) is 5.92 Å². The van der Waals surface area contributed by atoms with Gasteiger partial charge in [-0.3, -0.25) is 4.79 Å². The van der Waals surface area contributed by atoms with Gasteiger partial charge in [-0.2, -0.15) is 13.2 Å². The van der Waals surface area contributed by atoms with E-state index in [4.69, 9.17) is 4.74 Å². The minimum atomic E-state index is -4.37. The average molecular weight is 284 g/mol. The number of carbonyl (C=O) groups is 1. The van der Waals surface area contributed by atoms with Gasteiger partial charge in [0.15, 0.2) is 0 Å². The Hall–Kier alpha value is -1.36. The fourth-order valence-corrected chi connectivity index (χ4v) is 3.17. The summed E-state index contributed by atoms with van der Waals surface area (Å²) in [4.78, 5) is 12.2. The number of carbonyl (C=O) groups excluding carboxylic acids is 1. The van der Waals surface area contributed by atoms with E-state index in [0.29, 0.717) is 5.56 Å². The number of alkyl halides is 3. The van der Waals surface area contributed by atoms with Gasteiger partial charge in [0.2, 0.25) is 0 Å². The van der Waals surface area contributed by atoms with Crippen LogP contribution >= 0.6 is 0 Å².